The molecular formula is C15H14ClFN2O2. The summed E-state index contributed by atoms with van der Waals surface area (Å²) >= 11 is 5.94. The van der Waals surface area contributed by atoms with Crippen LogP contribution in [0.2, 0.25) is 5.02 Å². The minimum Gasteiger partial charge on any atom is -0.483 e. The molecule has 6 heteroatoms. The minimum atomic E-state index is -0.421. The van der Waals surface area contributed by atoms with E-state index in [1.165, 1.54) is 12.1 Å². The predicted octanol–water partition coefficient (Wildman–Crippen LogP) is 3.39. The fourth-order valence-electron chi connectivity index (χ4n) is 1.70. The highest BCUT2D eigenvalue weighted by Crippen LogP contribution is 2.24. The van der Waals surface area contributed by atoms with Crippen molar-refractivity contribution in [1.29, 1.82) is 0 Å². The molecule has 3 N–H and O–H groups in total. The molecule has 4 nitrogen and oxygen atoms in total. The second kappa shape index (κ2) is 6.45. The van der Waals surface area contributed by atoms with Crippen LogP contribution in [-0.2, 0) is 4.79 Å². The zero-order valence-corrected chi connectivity index (χ0v) is 12.1. The molecule has 1 amide bonds. The highest BCUT2D eigenvalue weighted by atomic mass is 35.5. The lowest BCUT2D eigenvalue weighted by Gasteiger charge is -2.11. The molecule has 2 rings (SSSR count). The number of ether oxygens (including phenoxy) is 1. The minimum absolute atomic E-state index is 0.255. The van der Waals surface area contributed by atoms with Crippen LogP contribution < -0.4 is 15.8 Å². The van der Waals surface area contributed by atoms with Crippen LogP contribution >= 0.6 is 11.6 Å². The molecule has 0 spiro atoms. The van der Waals surface area contributed by atoms with Crippen molar-refractivity contribution in [3.05, 3.63) is 52.8 Å². The van der Waals surface area contributed by atoms with E-state index in [2.05, 4.69) is 5.32 Å². The number of nitrogen functional groups attached to an aromatic ring is 1. The fourth-order valence-corrected chi connectivity index (χ4v) is 1.86. The average Bonchev–Trinajstić information content (AvgIpc) is 2.44. The van der Waals surface area contributed by atoms with Gasteiger partial charge in [-0.1, -0.05) is 17.7 Å². The van der Waals surface area contributed by atoms with Crippen molar-refractivity contribution >= 4 is 28.9 Å². The van der Waals surface area contributed by atoms with E-state index in [0.717, 1.165) is 5.56 Å². The fraction of sp³-hybridized carbons (Fsp3) is 0.133. The van der Waals surface area contributed by atoms with Crippen molar-refractivity contribution in [2.24, 2.45) is 0 Å². The van der Waals surface area contributed by atoms with E-state index < -0.39 is 11.7 Å². The van der Waals surface area contributed by atoms with Gasteiger partial charge in [-0.3, -0.25) is 4.79 Å². The summed E-state index contributed by atoms with van der Waals surface area (Å²) in [7, 11) is 0. The summed E-state index contributed by atoms with van der Waals surface area (Å²) in [6.07, 6.45) is 0. The molecule has 21 heavy (non-hydrogen) atoms. The number of anilines is 2. The number of nitrogens with one attached hydrogen (secondary N) is 1. The van der Waals surface area contributed by atoms with Crippen LogP contribution in [0.3, 0.4) is 0 Å². The molecule has 0 saturated carbocycles. The first-order valence-corrected chi connectivity index (χ1v) is 6.57. The highest BCUT2D eigenvalue weighted by molar-refractivity contribution is 6.33. The van der Waals surface area contributed by atoms with E-state index in [1.807, 2.05) is 0 Å². The summed E-state index contributed by atoms with van der Waals surface area (Å²) in [5.74, 6) is -0.509. The first-order chi connectivity index (χ1) is 9.95. The Hall–Kier alpha value is -2.27. The predicted molar refractivity (Wildman–Crippen MR) is 81.1 cm³/mol. The molecule has 2 aromatic carbocycles. The molecule has 0 aliphatic heterocycles. The second-order valence-electron chi connectivity index (χ2n) is 4.49. The molecule has 0 saturated heterocycles. The van der Waals surface area contributed by atoms with Gasteiger partial charge < -0.3 is 15.8 Å². The van der Waals surface area contributed by atoms with E-state index in [9.17, 15) is 9.18 Å². The van der Waals surface area contributed by atoms with Gasteiger partial charge in [-0.05, 0) is 36.8 Å². The molecule has 0 fully saturated rings. The van der Waals surface area contributed by atoms with E-state index in [0.29, 0.717) is 22.1 Å². The lowest BCUT2D eigenvalue weighted by Crippen LogP contribution is -2.20. The van der Waals surface area contributed by atoms with Crippen molar-refractivity contribution in [3.8, 4) is 5.75 Å². The third kappa shape index (κ3) is 4.10. The third-order valence-electron chi connectivity index (χ3n) is 2.77. The SMILES string of the molecule is Cc1ccc(F)cc1OCC(=O)Nc1cc(N)ccc1Cl. The van der Waals surface area contributed by atoms with Crippen molar-refractivity contribution < 1.29 is 13.9 Å². The molecule has 0 aliphatic rings. The van der Waals surface area contributed by atoms with Crippen LogP contribution in [0.15, 0.2) is 36.4 Å². The zero-order valence-electron chi connectivity index (χ0n) is 11.3. The lowest BCUT2D eigenvalue weighted by molar-refractivity contribution is -0.118. The summed E-state index contributed by atoms with van der Waals surface area (Å²) in [5.41, 5.74) is 7.25. The number of hydrogen-bond acceptors (Lipinski definition) is 3. The molecule has 110 valence electrons. The number of rotatable bonds is 4. The molecule has 0 bridgehead atoms. The maximum atomic E-state index is 13.1. The molecule has 2 aromatic rings. The van der Waals surface area contributed by atoms with E-state index >= 15 is 0 Å². The third-order valence-corrected chi connectivity index (χ3v) is 3.10. The second-order valence-corrected chi connectivity index (χ2v) is 4.89. The monoisotopic (exact) mass is 308 g/mol. The van der Waals surface area contributed by atoms with E-state index in [4.69, 9.17) is 22.1 Å². The standard InChI is InChI=1S/C15H14ClFN2O2/c1-9-2-3-10(17)6-14(9)21-8-15(20)19-13-7-11(18)4-5-12(13)16/h2-7H,8,18H2,1H3,(H,19,20). The van der Waals surface area contributed by atoms with Gasteiger partial charge >= 0.3 is 0 Å². The van der Waals surface area contributed by atoms with Crippen molar-refractivity contribution in [2.75, 3.05) is 17.7 Å². The molecule has 0 unspecified atom stereocenters. The zero-order chi connectivity index (χ0) is 15.4. The van der Waals surface area contributed by atoms with Crippen LogP contribution in [0.1, 0.15) is 5.56 Å². The van der Waals surface area contributed by atoms with E-state index in [-0.39, 0.29) is 6.61 Å². The number of amides is 1. The number of halogens is 2. The largest absolute Gasteiger partial charge is 0.483 e. The Morgan fingerprint density at radius 2 is 2.10 bits per heavy atom. The Labute approximate surface area is 126 Å². The Bertz CT molecular complexity index is 677. The molecular weight excluding hydrogens is 295 g/mol. The lowest BCUT2D eigenvalue weighted by atomic mass is 10.2. The Kier molecular flexibility index (Phi) is 4.65. The smallest absolute Gasteiger partial charge is 0.262 e. The van der Waals surface area contributed by atoms with Crippen LogP contribution in [0, 0.1) is 12.7 Å². The highest BCUT2D eigenvalue weighted by Gasteiger charge is 2.09. The van der Waals surface area contributed by atoms with E-state index in [1.54, 1.807) is 31.2 Å². The van der Waals surface area contributed by atoms with Gasteiger partial charge in [0, 0.05) is 11.8 Å². The molecule has 0 aromatic heterocycles. The van der Waals surface area contributed by atoms with Gasteiger partial charge in [-0.2, -0.15) is 0 Å². The van der Waals surface area contributed by atoms with Crippen molar-refractivity contribution in [1.82, 2.24) is 0 Å². The number of carbonyl (C=O) groups is 1. The molecule has 0 heterocycles. The van der Waals surface area contributed by atoms with Gasteiger partial charge in [0.15, 0.2) is 6.61 Å². The Morgan fingerprint density at radius 3 is 2.86 bits per heavy atom. The van der Waals surface area contributed by atoms with Gasteiger partial charge in [0.25, 0.3) is 5.91 Å². The van der Waals surface area contributed by atoms with Crippen LogP contribution in [-0.4, -0.2) is 12.5 Å². The average molecular weight is 309 g/mol. The maximum absolute atomic E-state index is 13.1. The topological polar surface area (TPSA) is 64.3 Å². The maximum Gasteiger partial charge on any atom is 0.262 e. The van der Waals surface area contributed by atoms with Gasteiger partial charge in [0.2, 0.25) is 0 Å². The number of carbonyl (C=O) groups excluding carboxylic acids is 1. The van der Waals surface area contributed by atoms with Crippen molar-refractivity contribution in [3.63, 3.8) is 0 Å². The van der Waals surface area contributed by atoms with Crippen molar-refractivity contribution in [2.45, 2.75) is 6.92 Å². The quantitative estimate of drug-likeness (QED) is 0.851. The molecule has 0 aliphatic carbocycles. The van der Waals surface area contributed by atoms with Gasteiger partial charge in [0.1, 0.15) is 11.6 Å². The van der Waals surface area contributed by atoms with Crippen LogP contribution in [0.5, 0.6) is 5.75 Å². The first-order valence-electron chi connectivity index (χ1n) is 6.19. The summed E-state index contributed by atoms with van der Waals surface area (Å²) in [6.45, 7) is 1.51. The molecule has 0 atom stereocenters. The first kappa shape index (κ1) is 15.1. The molecule has 0 radical (unpaired) electrons. The summed E-state index contributed by atoms with van der Waals surface area (Å²) in [5, 5.41) is 2.96. The number of hydrogen-bond donors (Lipinski definition) is 2. The number of benzene rings is 2. The Morgan fingerprint density at radius 1 is 1.33 bits per heavy atom. The van der Waals surface area contributed by atoms with Crippen LogP contribution in [0.4, 0.5) is 15.8 Å². The van der Waals surface area contributed by atoms with Gasteiger partial charge in [0.05, 0.1) is 10.7 Å². The van der Waals surface area contributed by atoms with Gasteiger partial charge in [-0.25, -0.2) is 4.39 Å². The van der Waals surface area contributed by atoms with Gasteiger partial charge in [-0.15, -0.1) is 0 Å². The number of nitrogens with two attached hydrogens (primary N) is 1. The number of aryl methyl sites for hydroxylation is 1. The Balaban J connectivity index is 1.99. The summed E-state index contributed by atoms with van der Waals surface area (Å²) in [4.78, 5) is 11.8. The van der Waals surface area contributed by atoms with Crippen LogP contribution in [0.25, 0.3) is 0 Å². The summed E-state index contributed by atoms with van der Waals surface area (Å²) in [6, 6.07) is 8.91. The normalized spacial score (nSPS) is 10.2. The summed E-state index contributed by atoms with van der Waals surface area (Å²) < 4.78 is 18.4.